The molecule has 3 aliphatic rings. The molecule has 2 bridgehead atoms. The van der Waals surface area contributed by atoms with Gasteiger partial charge in [0.25, 0.3) is 0 Å². The standard InChI is InChI=1S/C13H20N2O5S/c16-12(17)10-7-1-2-8(5-7)11(10)15-13(18)14-9-3-4-21(19,20)6-9/h7-11H,1-6H2,(H,16,17)(H2,14,15,18). The predicted molar refractivity (Wildman–Crippen MR) is 74.5 cm³/mol. The largest absolute Gasteiger partial charge is 0.481 e. The summed E-state index contributed by atoms with van der Waals surface area (Å²) < 4.78 is 22.7. The maximum atomic E-state index is 12.0. The van der Waals surface area contributed by atoms with E-state index >= 15 is 0 Å². The normalized spacial score (nSPS) is 40.1. The second-order valence-corrected chi connectivity index (χ2v) is 8.67. The lowest BCUT2D eigenvalue weighted by Gasteiger charge is -2.29. The average molecular weight is 316 g/mol. The monoisotopic (exact) mass is 316 g/mol. The molecular weight excluding hydrogens is 296 g/mol. The van der Waals surface area contributed by atoms with Gasteiger partial charge < -0.3 is 15.7 Å². The third-order valence-electron chi connectivity index (χ3n) is 5.07. The van der Waals surface area contributed by atoms with E-state index in [-0.39, 0.29) is 35.4 Å². The SMILES string of the molecule is O=C(NC1CCS(=O)(=O)C1)NC1C2CCC(C2)C1C(=O)O. The van der Waals surface area contributed by atoms with Gasteiger partial charge in [0, 0.05) is 12.1 Å². The van der Waals surface area contributed by atoms with Crippen molar-refractivity contribution in [3.8, 4) is 0 Å². The first kappa shape index (κ1) is 14.6. The van der Waals surface area contributed by atoms with Crippen molar-refractivity contribution in [3.05, 3.63) is 0 Å². The van der Waals surface area contributed by atoms with Crippen molar-refractivity contribution < 1.29 is 23.1 Å². The molecule has 1 saturated heterocycles. The van der Waals surface area contributed by atoms with Gasteiger partial charge in [0.05, 0.1) is 17.4 Å². The number of fused-ring (bicyclic) bond motifs is 2. The highest BCUT2D eigenvalue weighted by Crippen LogP contribution is 2.48. The van der Waals surface area contributed by atoms with E-state index in [1.165, 1.54) is 0 Å². The van der Waals surface area contributed by atoms with Crippen LogP contribution >= 0.6 is 0 Å². The van der Waals surface area contributed by atoms with Crippen LogP contribution in [-0.4, -0.2) is 49.1 Å². The Morgan fingerprint density at radius 2 is 1.76 bits per heavy atom. The van der Waals surface area contributed by atoms with Crippen molar-refractivity contribution >= 4 is 21.8 Å². The van der Waals surface area contributed by atoms with Crippen molar-refractivity contribution in [2.75, 3.05) is 11.5 Å². The van der Waals surface area contributed by atoms with Gasteiger partial charge in [-0.3, -0.25) is 4.79 Å². The van der Waals surface area contributed by atoms with Crippen LogP contribution < -0.4 is 10.6 Å². The molecule has 5 atom stereocenters. The van der Waals surface area contributed by atoms with E-state index < -0.39 is 27.8 Å². The van der Waals surface area contributed by atoms with Crippen molar-refractivity contribution in [2.24, 2.45) is 17.8 Å². The molecule has 5 unspecified atom stereocenters. The second kappa shape index (κ2) is 5.15. The molecule has 1 aliphatic heterocycles. The number of urea groups is 1. The third-order valence-corrected chi connectivity index (χ3v) is 6.83. The number of rotatable bonds is 3. The molecule has 3 fully saturated rings. The lowest BCUT2D eigenvalue weighted by Crippen LogP contribution is -2.52. The molecule has 0 aromatic heterocycles. The maximum Gasteiger partial charge on any atom is 0.315 e. The van der Waals surface area contributed by atoms with Crippen LogP contribution in [0.1, 0.15) is 25.7 Å². The summed E-state index contributed by atoms with van der Waals surface area (Å²) in [5.41, 5.74) is 0. The van der Waals surface area contributed by atoms with Gasteiger partial charge in [0.2, 0.25) is 0 Å². The van der Waals surface area contributed by atoms with Gasteiger partial charge in [0.15, 0.2) is 9.84 Å². The van der Waals surface area contributed by atoms with Crippen LogP contribution in [0.3, 0.4) is 0 Å². The molecule has 0 aromatic carbocycles. The first-order valence-corrected chi connectivity index (χ1v) is 9.18. The van der Waals surface area contributed by atoms with Gasteiger partial charge in [-0.2, -0.15) is 0 Å². The Balaban J connectivity index is 1.58. The number of nitrogens with one attached hydrogen (secondary N) is 2. The summed E-state index contributed by atoms with van der Waals surface area (Å²) in [6.45, 7) is 0. The molecule has 2 aliphatic carbocycles. The molecule has 0 aromatic rings. The summed E-state index contributed by atoms with van der Waals surface area (Å²) >= 11 is 0. The predicted octanol–water partition coefficient (Wildman–Crippen LogP) is -0.0280. The Hall–Kier alpha value is -1.31. The molecular formula is C13H20N2O5S. The fraction of sp³-hybridized carbons (Fsp3) is 0.846. The van der Waals surface area contributed by atoms with Gasteiger partial charge in [0.1, 0.15) is 0 Å². The zero-order valence-electron chi connectivity index (χ0n) is 11.6. The average Bonchev–Trinajstić information content (AvgIpc) is 3.03. The first-order chi connectivity index (χ1) is 9.85. The summed E-state index contributed by atoms with van der Waals surface area (Å²) in [5, 5.41) is 14.7. The highest BCUT2D eigenvalue weighted by Gasteiger charge is 2.51. The molecule has 21 heavy (non-hydrogen) atoms. The van der Waals surface area contributed by atoms with E-state index in [0.717, 1.165) is 19.3 Å². The number of carboxylic acids is 1. The number of hydrogen-bond acceptors (Lipinski definition) is 4. The Morgan fingerprint density at radius 3 is 2.38 bits per heavy atom. The van der Waals surface area contributed by atoms with Crippen LogP contribution in [-0.2, 0) is 14.6 Å². The van der Waals surface area contributed by atoms with Crippen LogP contribution in [0, 0.1) is 17.8 Å². The van der Waals surface area contributed by atoms with E-state index in [2.05, 4.69) is 10.6 Å². The Morgan fingerprint density at radius 1 is 1.05 bits per heavy atom. The fourth-order valence-electron chi connectivity index (χ4n) is 4.14. The van der Waals surface area contributed by atoms with Crippen LogP contribution in [0.4, 0.5) is 4.79 Å². The molecule has 1 heterocycles. The number of amides is 2. The van der Waals surface area contributed by atoms with Gasteiger partial charge in [-0.1, -0.05) is 0 Å². The van der Waals surface area contributed by atoms with Crippen molar-refractivity contribution in [2.45, 2.75) is 37.8 Å². The van der Waals surface area contributed by atoms with Gasteiger partial charge >= 0.3 is 12.0 Å². The quantitative estimate of drug-likeness (QED) is 0.677. The number of sulfone groups is 1. The topological polar surface area (TPSA) is 113 Å². The van der Waals surface area contributed by atoms with E-state index in [1.807, 2.05) is 0 Å². The van der Waals surface area contributed by atoms with Crippen molar-refractivity contribution in [1.82, 2.24) is 10.6 Å². The number of carbonyl (C=O) groups is 2. The van der Waals surface area contributed by atoms with Crippen LogP contribution in [0.5, 0.6) is 0 Å². The smallest absolute Gasteiger partial charge is 0.315 e. The summed E-state index contributed by atoms with van der Waals surface area (Å²) in [6, 6.07) is -1.14. The number of hydrogen-bond donors (Lipinski definition) is 3. The first-order valence-electron chi connectivity index (χ1n) is 7.36. The highest BCUT2D eigenvalue weighted by atomic mass is 32.2. The summed E-state index contributed by atoms with van der Waals surface area (Å²) in [4.78, 5) is 23.4. The highest BCUT2D eigenvalue weighted by molar-refractivity contribution is 7.91. The molecule has 0 spiro atoms. The van der Waals surface area contributed by atoms with E-state index in [1.54, 1.807) is 0 Å². The third kappa shape index (κ3) is 2.86. The minimum Gasteiger partial charge on any atom is -0.481 e. The van der Waals surface area contributed by atoms with E-state index in [0.29, 0.717) is 6.42 Å². The Kier molecular flexibility index (Phi) is 3.59. The van der Waals surface area contributed by atoms with Crippen LogP contribution in [0.2, 0.25) is 0 Å². The fourth-order valence-corrected chi connectivity index (χ4v) is 5.81. The number of aliphatic carboxylic acids is 1. The maximum absolute atomic E-state index is 12.0. The lowest BCUT2D eigenvalue weighted by atomic mass is 9.84. The minimum absolute atomic E-state index is 0.0283. The molecule has 7 nitrogen and oxygen atoms in total. The van der Waals surface area contributed by atoms with Crippen LogP contribution in [0.15, 0.2) is 0 Å². The van der Waals surface area contributed by atoms with Gasteiger partial charge in [-0.25, -0.2) is 13.2 Å². The zero-order valence-corrected chi connectivity index (χ0v) is 12.4. The van der Waals surface area contributed by atoms with E-state index in [9.17, 15) is 23.1 Å². The molecule has 2 saturated carbocycles. The van der Waals surface area contributed by atoms with Gasteiger partial charge in [-0.05, 0) is 37.5 Å². The van der Waals surface area contributed by atoms with E-state index in [4.69, 9.17) is 0 Å². The molecule has 3 rings (SSSR count). The molecule has 2 amide bonds. The Bertz CT molecular complexity index is 561. The molecule has 8 heteroatoms. The summed E-state index contributed by atoms with van der Waals surface area (Å²) in [7, 11) is -3.04. The van der Waals surface area contributed by atoms with Crippen molar-refractivity contribution in [1.29, 1.82) is 0 Å². The number of carbonyl (C=O) groups excluding carboxylic acids is 1. The van der Waals surface area contributed by atoms with Crippen LogP contribution in [0.25, 0.3) is 0 Å². The van der Waals surface area contributed by atoms with Crippen molar-refractivity contribution in [3.63, 3.8) is 0 Å². The number of carboxylic acid groups (broad SMARTS) is 1. The zero-order chi connectivity index (χ0) is 15.2. The summed E-state index contributed by atoms with van der Waals surface area (Å²) in [6.07, 6.45) is 3.16. The molecule has 0 radical (unpaired) electrons. The molecule has 3 N–H and O–H groups in total. The van der Waals surface area contributed by atoms with Gasteiger partial charge in [-0.15, -0.1) is 0 Å². The summed E-state index contributed by atoms with van der Waals surface area (Å²) in [5.74, 6) is -0.903. The second-order valence-electron chi connectivity index (χ2n) is 6.44. The molecule has 118 valence electrons. The lowest BCUT2D eigenvalue weighted by molar-refractivity contribution is -0.144. The Labute approximate surface area is 123 Å². The minimum atomic E-state index is -3.04.